The van der Waals surface area contributed by atoms with Crippen LogP contribution in [-0.2, 0) is 30.8 Å². The molecule has 8 nitrogen and oxygen atoms in total. The number of sulfonamides is 1. The molecule has 2 heterocycles. The lowest BCUT2D eigenvalue weighted by molar-refractivity contribution is -0.138. The second-order valence-corrected chi connectivity index (χ2v) is 7.93. The number of amides is 1. The molecule has 1 aromatic carbocycles. The second-order valence-electron chi connectivity index (χ2n) is 6.00. The summed E-state index contributed by atoms with van der Waals surface area (Å²) in [5.41, 5.74) is 1.45. The molecule has 0 bridgehead atoms. The molecule has 2 aliphatic heterocycles. The SMILES string of the molecule is O=C(O)CCC(=O)N1CCc2cc(S(=O)(=O)N3CCOCC3)ccc21. The molecule has 2 aliphatic rings. The highest BCUT2D eigenvalue weighted by molar-refractivity contribution is 7.89. The highest BCUT2D eigenvalue weighted by Gasteiger charge is 2.30. The van der Waals surface area contributed by atoms with Crippen LogP contribution in [0.2, 0.25) is 0 Å². The van der Waals surface area contributed by atoms with Crippen molar-refractivity contribution in [1.82, 2.24) is 4.31 Å². The van der Waals surface area contributed by atoms with Crippen molar-refractivity contribution < 1.29 is 27.9 Å². The van der Waals surface area contributed by atoms with Crippen molar-refractivity contribution in [2.75, 3.05) is 37.7 Å². The Morgan fingerprint density at radius 3 is 2.52 bits per heavy atom. The van der Waals surface area contributed by atoms with Gasteiger partial charge in [0.05, 0.1) is 24.5 Å². The number of carboxylic acids is 1. The van der Waals surface area contributed by atoms with Gasteiger partial charge in [0.15, 0.2) is 0 Å². The quantitative estimate of drug-likeness (QED) is 0.810. The number of morpholine rings is 1. The first-order valence-corrected chi connectivity index (χ1v) is 9.56. The summed E-state index contributed by atoms with van der Waals surface area (Å²) < 4.78 is 32.0. The summed E-state index contributed by atoms with van der Waals surface area (Å²) in [7, 11) is -3.57. The average molecular weight is 368 g/mol. The van der Waals surface area contributed by atoms with Gasteiger partial charge >= 0.3 is 5.97 Å². The molecule has 1 fully saturated rings. The van der Waals surface area contributed by atoms with Gasteiger partial charge < -0.3 is 14.7 Å². The maximum Gasteiger partial charge on any atom is 0.303 e. The van der Waals surface area contributed by atoms with Crippen LogP contribution < -0.4 is 4.90 Å². The van der Waals surface area contributed by atoms with Crippen LogP contribution in [0, 0.1) is 0 Å². The van der Waals surface area contributed by atoms with Crippen LogP contribution in [-0.4, -0.2) is 62.6 Å². The molecule has 0 saturated carbocycles. The van der Waals surface area contributed by atoms with E-state index in [0.717, 1.165) is 5.56 Å². The van der Waals surface area contributed by atoms with E-state index in [1.807, 2.05) is 0 Å². The minimum absolute atomic E-state index is 0.0669. The number of carbonyl (C=O) groups excluding carboxylic acids is 1. The molecule has 1 aromatic rings. The normalized spacial score (nSPS) is 18.2. The smallest absolute Gasteiger partial charge is 0.303 e. The van der Waals surface area contributed by atoms with E-state index in [-0.39, 0.29) is 23.6 Å². The largest absolute Gasteiger partial charge is 0.481 e. The zero-order valence-electron chi connectivity index (χ0n) is 13.7. The van der Waals surface area contributed by atoms with Gasteiger partial charge in [-0.05, 0) is 30.2 Å². The topological polar surface area (TPSA) is 104 Å². The van der Waals surface area contributed by atoms with E-state index in [2.05, 4.69) is 0 Å². The number of fused-ring (bicyclic) bond motifs is 1. The van der Waals surface area contributed by atoms with E-state index in [1.54, 1.807) is 12.1 Å². The van der Waals surface area contributed by atoms with Crippen molar-refractivity contribution in [3.63, 3.8) is 0 Å². The van der Waals surface area contributed by atoms with Crippen molar-refractivity contribution in [3.8, 4) is 0 Å². The highest BCUT2D eigenvalue weighted by Crippen LogP contribution is 2.31. The van der Waals surface area contributed by atoms with E-state index in [9.17, 15) is 18.0 Å². The molecule has 0 atom stereocenters. The van der Waals surface area contributed by atoms with Gasteiger partial charge in [0.2, 0.25) is 15.9 Å². The van der Waals surface area contributed by atoms with E-state index in [1.165, 1.54) is 15.3 Å². The Morgan fingerprint density at radius 2 is 1.84 bits per heavy atom. The van der Waals surface area contributed by atoms with Crippen molar-refractivity contribution in [2.24, 2.45) is 0 Å². The van der Waals surface area contributed by atoms with Crippen molar-refractivity contribution >= 4 is 27.6 Å². The van der Waals surface area contributed by atoms with Crippen LogP contribution in [0.15, 0.2) is 23.1 Å². The first-order valence-electron chi connectivity index (χ1n) is 8.12. The van der Waals surface area contributed by atoms with Crippen LogP contribution in [0.5, 0.6) is 0 Å². The number of nitrogens with zero attached hydrogens (tertiary/aromatic N) is 2. The molecular formula is C16H20N2O6S. The molecule has 9 heteroatoms. The number of aliphatic carboxylic acids is 1. The third kappa shape index (κ3) is 3.68. The van der Waals surface area contributed by atoms with Crippen molar-refractivity contribution in [1.29, 1.82) is 0 Å². The maximum absolute atomic E-state index is 12.7. The third-order valence-corrected chi connectivity index (χ3v) is 6.30. The average Bonchev–Trinajstić information content (AvgIpc) is 3.03. The third-order valence-electron chi connectivity index (χ3n) is 4.41. The van der Waals surface area contributed by atoms with E-state index >= 15 is 0 Å². The lowest BCUT2D eigenvalue weighted by atomic mass is 10.2. The van der Waals surface area contributed by atoms with Gasteiger partial charge in [-0.15, -0.1) is 0 Å². The lowest BCUT2D eigenvalue weighted by Gasteiger charge is -2.26. The zero-order valence-corrected chi connectivity index (χ0v) is 14.5. The fraction of sp³-hybridized carbons (Fsp3) is 0.500. The molecule has 1 N–H and O–H groups in total. The lowest BCUT2D eigenvalue weighted by Crippen LogP contribution is -2.40. The van der Waals surface area contributed by atoms with Crippen LogP contribution >= 0.6 is 0 Å². The van der Waals surface area contributed by atoms with E-state index in [4.69, 9.17) is 9.84 Å². The summed E-state index contributed by atoms with van der Waals surface area (Å²) in [6.07, 6.45) is 0.275. The number of anilines is 1. The van der Waals surface area contributed by atoms with E-state index in [0.29, 0.717) is 45.0 Å². The Kier molecular flexibility index (Phi) is 5.07. The monoisotopic (exact) mass is 368 g/mol. The molecule has 0 aromatic heterocycles. The summed E-state index contributed by atoms with van der Waals surface area (Å²) in [4.78, 5) is 24.5. The van der Waals surface area contributed by atoms with Gasteiger partial charge in [-0.1, -0.05) is 0 Å². The van der Waals surface area contributed by atoms with Crippen molar-refractivity contribution in [2.45, 2.75) is 24.2 Å². The van der Waals surface area contributed by atoms with Gasteiger partial charge in [0.25, 0.3) is 0 Å². The van der Waals surface area contributed by atoms with Crippen LogP contribution in [0.1, 0.15) is 18.4 Å². The summed E-state index contributed by atoms with van der Waals surface area (Å²) >= 11 is 0. The van der Waals surface area contributed by atoms with Crippen molar-refractivity contribution in [3.05, 3.63) is 23.8 Å². The number of ether oxygens (including phenoxy) is 1. The second kappa shape index (κ2) is 7.11. The zero-order chi connectivity index (χ0) is 18.0. The minimum Gasteiger partial charge on any atom is -0.481 e. The fourth-order valence-corrected chi connectivity index (χ4v) is 4.54. The molecule has 3 rings (SSSR count). The maximum atomic E-state index is 12.7. The van der Waals surface area contributed by atoms with Gasteiger partial charge in [-0.3, -0.25) is 9.59 Å². The number of carbonyl (C=O) groups is 2. The molecule has 1 saturated heterocycles. The fourth-order valence-electron chi connectivity index (χ4n) is 3.08. The minimum atomic E-state index is -3.57. The molecule has 0 radical (unpaired) electrons. The molecule has 136 valence electrons. The van der Waals surface area contributed by atoms with Gasteiger partial charge in [0, 0.05) is 31.7 Å². The Labute approximate surface area is 146 Å². The van der Waals surface area contributed by atoms with Crippen LogP contribution in [0.4, 0.5) is 5.69 Å². The molecule has 1 amide bonds. The molecule has 0 aliphatic carbocycles. The highest BCUT2D eigenvalue weighted by atomic mass is 32.2. The number of rotatable bonds is 5. The molecular weight excluding hydrogens is 348 g/mol. The summed E-state index contributed by atoms with van der Waals surface area (Å²) in [6, 6.07) is 4.76. The standard InChI is InChI=1S/C16H20N2O6S/c19-15(3-4-16(20)21)18-6-5-12-11-13(1-2-14(12)18)25(22,23)17-7-9-24-10-8-17/h1-2,11H,3-10H2,(H,20,21). The van der Waals surface area contributed by atoms with Crippen LogP contribution in [0.25, 0.3) is 0 Å². The Hall–Kier alpha value is -1.97. The molecule has 0 unspecified atom stereocenters. The predicted molar refractivity (Wildman–Crippen MR) is 88.9 cm³/mol. The molecule has 25 heavy (non-hydrogen) atoms. The van der Waals surface area contributed by atoms with Gasteiger partial charge in [0.1, 0.15) is 0 Å². The van der Waals surface area contributed by atoms with Crippen LogP contribution in [0.3, 0.4) is 0 Å². The Bertz CT molecular complexity index is 786. The number of benzene rings is 1. The summed E-state index contributed by atoms with van der Waals surface area (Å²) in [5.74, 6) is -1.27. The Balaban J connectivity index is 1.79. The first kappa shape index (κ1) is 17.8. The summed E-state index contributed by atoms with van der Waals surface area (Å²) in [6.45, 7) is 1.87. The molecule has 0 spiro atoms. The van der Waals surface area contributed by atoms with Gasteiger partial charge in [-0.25, -0.2) is 8.42 Å². The number of carboxylic acid groups (broad SMARTS) is 1. The number of hydrogen-bond acceptors (Lipinski definition) is 5. The summed E-state index contributed by atoms with van der Waals surface area (Å²) in [5, 5.41) is 8.70. The Morgan fingerprint density at radius 1 is 1.12 bits per heavy atom. The van der Waals surface area contributed by atoms with E-state index < -0.39 is 16.0 Å². The predicted octanol–water partition coefficient (Wildman–Crippen LogP) is 0.461. The first-order chi connectivity index (χ1) is 11.9. The van der Waals surface area contributed by atoms with Gasteiger partial charge in [-0.2, -0.15) is 4.31 Å². The number of hydrogen-bond donors (Lipinski definition) is 1.